The molecule has 0 aromatic carbocycles. The standard InChI is InChI=1S/C88H162N26O22S.C2H4O2/c1-19-48(9)69(113-78(126)52(13)97-66(117)42-95-72(120)50(11)98-79(127)59(31-23-27-36-91)108-85(133)64(44-115)111-77(125)54(15)100-81(129)61(33-38-137-18)104-65(116)41-93)87(135)101-51(12)73(121)96-43-67(118)105-57(29-21-25-34-89)82(130)114-70(49(10)20-2)88(136)103-55(16)74(122)106-60(32-24-28-37-92)83(131)112-68(47(7)8)86(134)102-56(17)76(124)110-63(40-46(5)6)84(132)107-58(30-22-26-35-90)80(128)99-53(14)75(123)109-62(71(94)119)39-45(3)4;1-2(3)4/h45-64,68-70,115H,19-44,89-93H2,1-18H3,(H2,94,119)(H,95,120)(H,96,121)(H,97,117)(H,98,127)(H,99,128)(H,100,129)(H,101,135)(H,102,134)(H,103,136)(H,104,116)(H,105,118)(H,106,122)(H,107,132)(H,108,133)(H,109,123)(H,110,124)(H,111,125)(H,112,131)(H,113,126)(H,114,130);1H3,(H,3,4). The Balaban J connectivity index is 0. The molecule has 0 fully saturated rings. The third kappa shape index (κ3) is 54.3. The monoisotopic (exact) mass is 2030 g/mol. The Kier molecular flexibility index (Phi) is 67.0. The minimum Gasteiger partial charge on any atom is -0.481 e. The number of aliphatic hydroxyl groups is 1. The van der Waals surface area contributed by atoms with E-state index in [1.54, 1.807) is 61.6 Å². The Labute approximate surface area is 831 Å². The number of hydrogen-bond donors (Lipinski definition) is 28. The maximum Gasteiger partial charge on any atom is 0.300 e. The Morgan fingerprint density at radius 2 is 0.532 bits per heavy atom. The van der Waals surface area contributed by atoms with Crippen molar-refractivity contribution in [3.8, 4) is 0 Å². The maximum absolute atomic E-state index is 14.3. The van der Waals surface area contributed by atoms with Gasteiger partial charge in [-0.05, 0) is 213 Å². The van der Waals surface area contributed by atoms with E-state index in [4.69, 9.17) is 44.3 Å². The van der Waals surface area contributed by atoms with Crippen molar-refractivity contribution in [2.45, 2.75) is 343 Å². The lowest BCUT2D eigenvalue weighted by Crippen LogP contribution is -2.61. The lowest BCUT2D eigenvalue weighted by atomic mass is 9.97. The Morgan fingerprint density at radius 1 is 0.284 bits per heavy atom. The molecule has 0 spiro atoms. The molecule has 50 nitrogen and oxygen atoms in total. The molecule has 806 valence electrons. The van der Waals surface area contributed by atoms with E-state index < -0.39 is 276 Å². The fourth-order valence-electron chi connectivity index (χ4n) is 13.4. The van der Waals surface area contributed by atoms with Gasteiger partial charge < -0.3 is 151 Å². The van der Waals surface area contributed by atoms with E-state index in [1.807, 2.05) is 13.8 Å². The van der Waals surface area contributed by atoms with Gasteiger partial charge in [-0.25, -0.2) is 0 Å². The fraction of sp³-hybridized carbons (Fsp3) is 0.756. The number of carbonyl (C=O) groups excluding carboxylic acids is 21. The smallest absolute Gasteiger partial charge is 0.300 e. The summed E-state index contributed by atoms with van der Waals surface area (Å²) in [4.78, 5) is 293. The first-order chi connectivity index (χ1) is 66.1. The van der Waals surface area contributed by atoms with Crippen molar-refractivity contribution in [2.75, 3.05) is 64.4 Å². The summed E-state index contributed by atoms with van der Waals surface area (Å²) in [6.45, 7) is 25.7. The van der Waals surface area contributed by atoms with Crippen LogP contribution in [-0.2, 0) is 105 Å². The minimum atomic E-state index is -1.63. The van der Waals surface area contributed by atoms with Crippen molar-refractivity contribution >= 4 is 142 Å². The summed E-state index contributed by atoms with van der Waals surface area (Å²) in [5.41, 5.74) is 33.9. The second kappa shape index (κ2) is 71.8. The van der Waals surface area contributed by atoms with Crippen LogP contribution in [0.2, 0.25) is 0 Å². The summed E-state index contributed by atoms with van der Waals surface area (Å²) in [6.07, 6.45) is 6.08. The molecular weight excluding hydrogens is 1860 g/mol. The highest BCUT2D eigenvalue weighted by molar-refractivity contribution is 7.98. The van der Waals surface area contributed by atoms with Gasteiger partial charge in [0.2, 0.25) is 124 Å². The zero-order valence-electron chi connectivity index (χ0n) is 85.4. The van der Waals surface area contributed by atoms with Gasteiger partial charge in [0.1, 0.15) is 109 Å². The van der Waals surface area contributed by atoms with Crippen LogP contribution in [0.25, 0.3) is 0 Å². The first kappa shape index (κ1) is 131. The molecule has 0 heterocycles. The van der Waals surface area contributed by atoms with Crippen LogP contribution in [0.15, 0.2) is 0 Å². The number of aliphatic hydroxyl groups excluding tert-OH is 1. The largest absolute Gasteiger partial charge is 0.481 e. The molecule has 0 aromatic rings. The summed E-state index contributed by atoms with van der Waals surface area (Å²) in [5.74, 6) is -19.5. The molecule has 0 bridgehead atoms. The van der Waals surface area contributed by atoms with Gasteiger partial charge in [0.25, 0.3) is 5.97 Å². The van der Waals surface area contributed by atoms with E-state index in [0.717, 1.165) is 6.92 Å². The van der Waals surface area contributed by atoms with Crippen molar-refractivity contribution in [3.63, 3.8) is 0 Å². The molecule has 51 heteroatoms. The number of carboxylic acids is 1. The third-order valence-electron chi connectivity index (χ3n) is 22.3. The number of carbonyl (C=O) groups is 22. The minimum absolute atomic E-state index is 0.000966. The molecule has 0 rings (SSSR count). The second-order valence-electron chi connectivity index (χ2n) is 36.2. The number of thioether (sulfide) groups is 1. The molecule has 0 aliphatic rings. The van der Waals surface area contributed by atoms with E-state index in [1.165, 1.54) is 60.2 Å². The number of nitrogens with two attached hydrogens (primary N) is 6. The molecule has 34 N–H and O–H groups in total. The van der Waals surface area contributed by atoms with Crippen LogP contribution < -0.4 is 141 Å². The summed E-state index contributed by atoms with van der Waals surface area (Å²) in [7, 11) is 0. The Morgan fingerprint density at radius 3 is 0.858 bits per heavy atom. The first-order valence-electron chi connectivity index (χ1n) is 48.2. The maximum atomic E-state index is 14.3. The van der Waals surface area contributed by atoms with Crippen LogP contribution in [0.4, 0.5) is 0 Å². The van der Waals surface area contributed by atoms with Crippen LogP contribution in [0.3, 0.4) is 0 Å². The zero-order valence-corrected chi connectivity index (χ0v) is 86.2. The number of carboxylic acid groups (broad SMARTS) is 1. The SMILES string of the molecule is CC(=O)O.CCC(C)C(NC(=O)C(C)NC(=O)CNC(=O)C(C)NC(=O)C(CCCCN)NC(=O)C(CO)NC(=O)C(C)NC(=O)C(CCSC)NC(=O)CN)C(=O)NC(C)C(=O)NCC(=O)NC(CCCCN)C(=O)NC(C(=O)NC(C)C(=O)NC(CCCCN)C(=O)NC(C(=O)NC(C)C(=O)NC(CC(C)C)C(=O)NC(CCCCN)C(=O)NC(C)C(=O)NC(CC(C)C)C(N)=O)C(C)C)C(C)CC. The quantitative estimate of drug-likeness (QED) is 0.0252. The number of hydrogen-bond acceptors (Lipinski definition) is 29. The van der Waals surface area contributed by atoms with Gasteiger partial charge in [-0.1, -0.05) is 82.1 Å². The highest BCUT2D eigenvalue weighted by atomic mass is 32.2. The fourth-order valence-corrected chi connectivity index (χ4v) is 13.8. The number of primary amides is 1. The van der Waals surface area contributed by atoms with E-state index in [-0.39, 0.29) is 89.5 Å². The van der Waals surface area contributed by atoms with E-state index in [9.17, 15) is 106 Å². The molecule has 141 heavy (non-hydrogen) atoms. The van der Waals surface area contributed by atoms with Gasteiger partial charge in [-0.2, -0.15) is 11.8 Å². The first-order valence-corrected chi connectivity index (χ1v) is 49.6. The summed E-state index contributed by atoms with van der Waals surface area (Å²) in [5, 5.41) is 68.2. The van der Waals surface area contributed by atoms with Gasteiger partial charge in [0.15, 0.2) is 0 Å². The molecule has 20 atom stereocenters. The normalized spacial score (nSPS) is 15.3. The molecule has 0 radical (unpaired) electrons. The third-order valence-corrected chi connectivity index (χ3v) is 22.9. The van der Waals surface area contributed by atoms with Crippen LogP contribution in [0, 0.1) is 29.6 Å². The molecule has 0 saturated carbocycles. The highest BCUT2D eigenvalue weighted by Gasteiger charge is 2.39. The number of nitrogens with one attached hydrogen (secondary N) is 20. The van der Waals surface area contributed by atoms with Crippen molar-refractivity contribution < 1.29 is 116 Å². The van der Waals surface area contributed by atoms with Crippen LogP contribution in [-0.4, -0.2) is 313 Å². The van der Waals surface area contributed by atoms with Crippen LogP contribution in [0.1, 0.15) is 234 Å². The van der Waals surface area contributed by atoms with E-state index in [2.05, 4.69) is 106 Å². The topological polar surface area (TPSA) is 813 Å². The second-order valence-corrected chi connectivity index (χ2v) is 37.2. The molecule has 0 aliphatic carbocycles. The van der Waals surface area contributed by atoms with Crippen LogP contribution in [0.5, 0.6) is 0 Å². The highest BCUT2D eigenvalue weighted by Crippen LogP contribution is 2.17. The van der Waals surface area contributed by atoms with E-state index in [0.29, 0.717) is 70.0 Å². The lowest BCUT2D eigenvalue weighted by molar-refractivity contribution is -0.136. The van der Waals surface area contributed by atoms with Crippen molar-refractivity contribution in [1.29, 1.82) is 0 Å². The van der Waals surface area contributed by atoms with Crippen molar-refractivity contribution in [2.24, 2.45) is 64.0 Å². The molecule has 0 saturated heterocycles. The van der Waals surface area contributed by atoms with Crippen molar-refractivity contribution in [3.05, 3.63) is 0 Å². The summed E-state index contributed by atoms with van der Waals surface area (Å²) < 4.78 is 0. The molecule has 20 unspecified atom stereocenters. The molecule has 0 aliphatic heterocycles. The predicted octanol–water partition coefficient (Wildman–Crippen LogP) is -7.28. The van der Waals surface area contributed by atoms with Gasteiger partial charge >= 0.3 is 0 Å². The number of aliphatic carboxylic acids is 1. The van der Waals surface area contributed by atoms with Gasteiger partial charge in [0.05, 0.1) is 26.2 Å². The lowest BCUT2D eigenvalue weighted by Gasteiger charge is -2.29. The summed E-state index contributed by atoms with van der Waals surface area (Å²) in [6, 6.07) is -23.2. The van der Waals surface area contributed by atoms with Crippen LogP contribution >= 0.6 is 11.8 Å². The molecular formula is C90H166N26O24S. The summed E-state index contributed by atoms with van der Waals surface area (Å²) >= 11 is 1.41. The van der Waals surface area contributed by atoms with Crippen molar-refractivity contribution in [1.82, 2.24) is 106 Å². The molecule has 21 amide bonds. The Hall–Kier alpha value is -11.5. The van der Waals surface area contributed by atoms with Gasteiger partial charge in [0, 0.05) is 6.92 Å². The van der Waals surface area contributed by atoms with E-state index >= 15 is 0 Å². The number of amides is 21. The predicted molar refractivity (Wildman–Crippen MR) is 526 cm³/mol. The number of unbranched alkanes of at least 4 members (excludes halogenated alkanes) is 4. The number of rotatable bonds is 70. The van der Waals surface area contributed by atoms with Gasteiger partial charge in [-0.15, -0.1) is 0 Å². The average molecular weight is 2030 g/mol. The van der Waals surface area contributed by atoms with Gasteiger partial charge in [-0.3, -0.25) is 105 Å². The molecule has 0 aromatic heterocycles. The average Bonchev–Trinajstić information content (AvgIpc) is 0.854. The zero-order chi connectivity index (χ0) is 108. The Bertz CT molecular complexity index is 4040.